The lowest BCUT2D eigenvalue weighted by Crippen LogP contribution is -2.46. The van der Waals surface area contributed by atoms with E-state index >= 15 is 0 Å². The first kappa shape index (κ1) is 27.6. The number of carbonyl (C=O) groups excluding carboxylic acids is 2. The number of carbonyl (C=O) groups is 2. The van der Waals surface area contributed by atoms with Gasteiger partial charge in [0.2, 0.25) is 5.91 Å². The molecule has 0 saturated carbocycles. The largest absolute Gasteiger partial charge is 0.462 e. The topological polar surface area (TPSA) is 116 Å². The van der Waals surface area contributed by atoms with Crippen LogP contribution in [0.3, 0.4) is 0 Å². The van der Waals surface area contributed by atoms with Crippen LogP contribution < -0.4 is 0 Å². The van der Waals surface area contributed by atoms with Gasteiger partial charge in [0.15, 0.2) is 0 Å². The number of hydrogen-bond acceptors (Lipinski definition) is 9. The van der Waals surface area contributed by atoms with Gasteiger partial charge in [-0.1, -0.05) is 12.5 Å². The van der Waals surface area contributed by atoms with Gasteiger partial charge in [0.05, 0.1) is 34.3 Å². The van der Waals surface area contributed by atoms with Crippen molar-refractivity contribution in [2.24, 2.45) is 5.41 Å². The van der Waals surface area contributed by atoms with Crippen LogP contribution in [0.15, 0.2) is 29.8 Å². The van der Waals surface area contributed by atoms with E-state index in [0.717, 1.165) is 48.9 Å². The van der Waals surface area contributed by atoms with E-state index in [1.807, 2.05) is 30.5 Å². The number of likely N-dealkylation sites (tertiary alicyclic amines) is 1. The minimum Gasteiger partial charge on any atom is -0.462 e. The average Bonchev–Trinajstić information content (AvgIpc) is 3.31. The van der Waals surface area contributed by atoms with E-state index in [2.05, 4.69) is 14.9 Å². The van der Waals surface area contributed by atoms with Crippen LogP contribution in [0.4, 0.5) is 0 Å². The van der Waals surface area contributed by atoms with E-state index in [1.165, 1.54) is 11.3 Å². The van der Waals surface area contributed by atoms with Crippen molar-refractivity contribution in [1.82, 2.24) is 19.8 Å². The van der Waals surface area contributed by atoms with E-state index in [1.54, 1.807) is 11.1 Å². The molecule has 2 atom stereocenters. The maximum atomic E-state index is 13.3. The van der Waals surface area contributed by atoms with Gasteiger partial charge in [0, 0.05) is 31.2 Å². The Hall–Kier alpha value is -2.40. The Kier molecular flexibility index (Phi) is 9.64. The summed E-state index contributed by atoms with van der Waals surface area (Å²) >= 11 is 1.52. The predicted octanol–water partition coefficient (Wildman–Crippen LogP) is 2.34. The van der Waals surface area contributed by atoms with Crippen molar-refractivity contribution in [1.29, 1.82) is 0 Å². The molecule has 2 aliphatic heterocycles. The number of hydrogen-bond donors (Lipinski definition) is 2. The van der Waals surface area contributed by atoms with E-state index < -0.39 is 17.6 Å². The molecule has 9 nitrogen and oxygen atoms in total. The Morgan fingerprint density at radius 2 is 1.92 bits per heavy atom. The van der Waals surface area contributed by atoms with E-state index in [0.29, 0.717) is 32.4 Å². The monoisotopic (exact) mass is 530 g/mol. The molecule has 2 aromatic rings. The minimum absolute atomic E-state index is 0.0354. The molecule has 0 bridgehead atoms. The summed E-state index contributed by atoms with van der Waals surface area (Å²) in [5.41, 5.74) is 1.14. The lowest BCUT2D eigenvalue weighted by molar-refractivity contribution is -0.165. The second-order valence-electron chi connectivity index (χ2n) is 10.3. The quantitative estimate of drug-likeness (QED) is 0.579. The van der Waals surface area contributed by atoms with E-state index in [9.17, 15) is 19.8 Å². The Balaban J connectivity index is 1.40. The summed E-state index contributed by atoms with van der Waals surface area (Å²) in [6.45, 7) is 4.81. The molecule has 10 heteroatoms. The number of pyridine rings is 1. The van der Waals surface area contributed by atoms with Crippen molar-refractivity contribution in [2.75, 3.05) is 32.8 Å². The molecule has 2 fully saturated rings. The molecular formula is C27H38N4O5S. The zero-order valence-corrected chi connectivity index (χ0v) is 22.4. The van der Waals surface area contributed by atoms with Crippen LogP contribution in [0, 0.1) is 12.3 Å². The van der Waals surface area contributed by atoms with E-state index in [4.69, 9.17) is 4.74 Å². The molecule has 1 amide bonds. The molecule has 4 rings (SSSR count). The maximum Gasteiger partial charge on any atom is 0.312 e. The third-order valence-electron chi connectivity index (χ3n) is 7.57. The molecule has 2 N–H and O–H groups in total. The standard InChI is InChI=1S/C27H38N4O5S/c1-20-29-22(19-37-20)16-25(34)31-12-5-3-8-27(26(35)36-18-24(33)23(32)7-13-31)9-14-30(15-10-27)17-21-6-2-4-11-28-21/h2,4,6,11,19,23-24,32-33H,3,5,7-10,12-18H2,1H3/t23-,24+/m0/s1. The van der Waals surface area contributed by atoms with Gasteiger partial charge >= 0.3 is 5.97 Å². The molecule has 2 saturated heterocycles. The summed E-state index contributed by atoms with van der Waals surface area (Å²) in [6, 6.07) is 5.89. The summed E-state index contributed by atoms with van der Waals surface area (Å²) < 4.78 is 5.57. The zero-order valence-electron chi connectivity index (χ0n) is 21.6. The number of cyclic esters (lactones) is 1. The van der Waals surface area contributed by atoms with Crippen molar-refractivity contribution in [2.45, 2.75) is 70.6 Å². The van der Waals surface area contributed by atoms with Crippen LogP contribution in [0.25, 0.3) is 0 Å². The minimum atomic E-state index is -1.19. The predicted molar refractivity (Wildman–Crippen MR) is 140 cm³/mol. The van der Waals surface area contributed by atoms with Gasteiger partial charge in [-0.15, -0.1) is 11.3 Å². The number of amides is 1. The van der Waals surface area contributed by atoms with Crippen LogP contribution in [0.5, 0.6) is 0 Å². The van der Waals surface area contributed by atoms with Crippen molar-refractivity contribution in [3.8, 4) is 0 Å². The fourth-order valence-corrected chi connectivity index (χ4v) is 5.82. The van der Waals surface area contributed by atoms with Crippen molar-refractivity contribution < 1.29 is 24.5 Å². The average molecular weight is 531 g/mol. The van der Waals surface area contributed by atoms with E-state index in [-0.39, 0.29) is 31.3 Å². The molecule has 2 aliphatic rings. The Morgan fingerprint density at radius 1 is 1.11 bits per heavy atom. The lowest BCUT2D eigenvalue weighted by Gasteiger charge is -2.40. The number of piperidine rings is 1. The second-order valence-corrected chi connectivity index (χ2v) is 11.3. The Morgan fingerprint density at radius 3 is 2.62 bits per heavy atom. The Bertz CT molecular complexity index is 1020. The van der Waals surface area contributed by atoms with Gasteiger partial charge in [-0.3, -0.25) is 19.5 Å². The van der Waals surface area contributed by atoms with Crippen molar-refractivity contribution in [3.63, 3.8) is 0 Å². The smallest absolute Gasteiger partial charge is 0.312 e. The molecule has 2 aromatic heterocycles. The summed E-state index contributed by atoms with van der Waals surface area (Å²) in [6.07, 6.45) is 3.52. The lowest BCUT2D eigenvalue weighted by atomic mass is 9.74. The zero-order chi connectivity index (χ0) is 26.3. The molecule has 202 valence electrons. The summed E-state index contributed by atoms with van der Waals surface area (Å²) in [7, 11) is 0. The number of aromatic nitrogens is 2. The van der Waals surface area contributed by atoms with Crippen LogP contribution >= 0.6 is 11.3 Å². The molecular weight excluding hydrogens is 492 g/mol. The van der Waals surface area contributed by atoms with Crippen LogP contribution in [0.1, 0.15) is 54.9 Å². The van der Waals surface area contributed by atoms with Gasteiger partial charge in [0.25, 0.3) is 0 Å². The molecule has 0 aromatic carbocycles. The number of aliphatic hydroxyl groups excluding tert-OH is 2. The third kappa shape index (κ3) is 7.56. The van der Waals surface area contributed by atoms with Crippen LogP contribution in [0.2, 0.25) is 0 Å². The number of ether oxygens (including phenoxy) is 1. The molecule has 0 unspecified atom stereocenters. The molecule has 4 heterocycles. The molecule has 1 spiro atoms. The van der Waals surface area contributed by atoms with Crippen LogP contribution in [-0.2, 0) is 27.3 Å². The number of esters is 1. The van der Waals surface area contributed by atoms with Gasteiger partial charge in [-0.2, -0.15) is 0 Å². The maximum absolute atomic E-state index is 13.3. The van der Waals surface area contributed by atoms with Crippen molar-refractivity contribution >= 4 is 23.2 Å². The number of thiazole rings is 1. The van der Waals surface area contributed by atoms with Gasteiger partial charge in [-0.05, 0) is 64.3 Å². The fourth-order valence-electron chi connectivity index (χ4n) is 5.21. The van der Waals surface area contributed by atoms with Gasteiger partial charge in [-0.25, -0.2) is 4.98 Å². The normalized spacial score (nSPS) is 24.1. The first-order chi connectivity index (χ1) is 17.8. The highest BCUT2D eigenvalue weighted by Gasteiger charge is 2.42. The third-order valence-corrected chi connectivity index (χ3v) is 8.39. The number of aliphatic hydroxyl groups is 2. The first-order valence-electron chi connectivity index (χ1n) is 13.2. The van der Waals surface area contributed by atoms with Crippen molar-refractivity contribution in [3.05, 3.63) is 46.2 Å². The molecule has 0 radical (unpaired) electrons. The fraction of sp³-hybridized carbons (Fsp3) is 0.630. The number of nitrogens with zero attached hydrogens (tertiary/aromatic N) is 4. The highest BCUT2D eigenvalue weighted by molar-refractivity contribution is 7.09. The number of aryl methyl sites for hydroxylation is 1. The van der Waals surface area contributed by atoms with Gasteiger partial charge < -0.3 is 19.8 Å². The van der Waals surface area contributed by atoms with Gasteiger partial charge in [0.1, 0.15) is 12.7 Å². The summed E-state index contributed by atoms with van der Waals surface area (Å²) in [4.78, 5) is 39.2. The highest BCUT2D eigenvalue weighted by Crippen LogP contribution is 2.38. The first-order valence-corrected chi connectivity index (χ1v) is 14.1. The summed E-state index contributed by atoms with van der Waals surface area (Å²) in [5, 5.41) is 23.8. The summed E-state index contributed by atoms with van der Waals surface area (Å²) in [5.74, 6) is -0.325. The molecule has 0 aliphatic carbocycles. The molecule has 37 heavy (non-hydrogen) atoms. The highest BCUT2D eigenvalue weighted by atomic mass is 32.1. The SMILES string of the molecule is Cc1nc(CC(=O)N2CCCCC3(CCN(Cc4ccccn4)CC3)C(=O)OC[C@@H](O)[C@@H](O)CC2)cs1. The second kappa shape index (κ2) is 12.9. The number of rotatable bonds is 4. The van der Waals surface area contributed by atoms with Crippen LogP contribution in [-0.4, -0.2) is 86.9 Å². The Labute approximate surface area is 222 Å².